The van der Waals surface area contributed by atoms with Gasteiger partial charge in [0.05, 0.1) is 24.3 Å². The van der Waals surface area contributed by atoms with Gasteiger partial charge in [-0.25, -0.2) is 4.79 Å². The lowest BCUT2D eigenvalue weighted by Crippen LogP contribution is -2.18. The van der Waals surface area contributed by atoms with Crippen molar-refractivity contribution in [3.05, 3.63) is 68.8 Å². The maximum atomic E-state index is 13.3. The van der Waals surface area contributed by atoms with Gasteiger partial charge in [0.25, 0.3) is 5.56 Å². The molecular weight excluding hydrogens is 476 g/mol. The molecule has 0 saturated heterocycles. The summed E-state index contributed by atoms with van der Waals surface area (Å²) < 4.78 is 87.8. The Morgan fingerprint density at radius 2 is 1.68 bits per heavy atom. The minimum absolute atomic E-state index is 0.155. The topological polar surface area (TPSA) is 103 Å². The number of H-pyrrole nitrogens is 1. The van der Waals surface area contributed by atoms with E-state index in [9.17, 15) is 40.7 Å². The molecular formula is C20H15F6N3O5. The van der Waals surface area contributed by atoms with Crippen LogP contribution in [0.2, 0.25) is 0 Å². The average Bonchev–Trinajstić information content (AvgIpc) is 3.13. The number of rotatable bonds is 6. The maximum absolute atomic E-state index is 13.3. The van der Waals surface area contributed by atoms with Gasteiger partial charge in [0, 0.05) is 6.07 Å². The molecule has 0 aliphatic carbocycles. The molecule has 0 spiro atoms. The van der Waals surface area contributed by atoms with E-state index < -0.39 is 65.3 Å². The molecule has 0 saturated carbocycles. The number of nitrogens with zero attached hydrogens (tertiary/aromatic N) is 2. The molecule has 0 aliphatic rings. The number of alkyl halides is 6. The third-order valence-electron chi connectivity index (χ3n) is 4.44. The molecule has 182 valence electrons. The van der Waals surface area contributed by atoms with Crippen LogP contribution in [0.3, 0.4) is 0 Å². The van der Waals surface area contributed by atoms with E-state index in [1.807, 2.05) is 0 Å². The fourth-order valence-electron chi connectivity index (χ4n) is 2.95. The van der Waals surface area contributed by atoms with Crippen molar-refractivity contribution < 1.29 is 45.4 Å². The predicted molar refractivity (Wildman–Crippen MR) is 102 cm³/mol. The van der Waals surface area contributed by atoms with E-state index in [0.29, 0.717) is 4.52 Å². The summed E-state index contributed by atoms with van der Waals surface area (Å²) in [5.41, 5.74) is -5.11. The molecule has 0 fully saturated rings. The Morgan fingerprint density at radius 3 is 2.24 bits per heavy atom. The van der Waals surface area contributed by atoms with Crippen LogP contribution in [0, 0.1) is 0 Å². The van der Waals surface area contributed by atoms with Crippen molar-refractivity contribution >= 4 is 17.6 Å². The van der Waals surface area contributed by atoms with E-state index in [4.69, 9.17) is 4.74 Å². The van der Waals surface area contributed by atoms with E-state index in [1.165, 1.54) is 6.92 Å². The molecule has 3 aromatic rings. The zero-order chi connectivity index (χ0) is 25.3. The van der Waals surface area contributed by atoms with Gasteiger partial charge in [0.15, 0.2) is 11.3 Å². The molecule has 8 nitrogen and oxygen atoms in total. The van der Waals surface area contributed by atoms with Gasteiger partial charge in [0.2, 0.25) is 0 Å². The molecule has 1 N–H and O–H groups in total. The van der Waals surface area contributed by atoms with Crippen LogP contribution in [0.4, 0.5) is 26.3 Å². The van der Waals surface area contributed by atoms with Crippen molar-refractivity contribution in [1.29, 1.82) is 0 Å². The van der Waals surface area contributed by atoms with Gasteiger partial charge in [-0.3, -0.25) is 9.59 Å². The third-order valence-corrected chi connectivity index (χ3v) is 4.44. The molecule has 34 heavy (non-hydrogen) atoms. The number of benzene rings is 1. The lowest BCUT2D eigenvalue weighted by atomic mass is 10.1. The van der Waals surface area contributed by atoms with Crippen LogP contribution in [0.5, 0.6) is 0 Å². The molecule has 0 radical (unpaired) electrons. The summed E-state index contributed by atoms with van der Waals surface area (Å²) in [5, 5.41) is 3.16. The Bertz CT molecular complexity index is 1280. The number of carbonyl (C=O) groups excluding carboxylic acids is 2. The van der Waals surface area contributed by atoms with E-state index in [1.54, 1.807) is 0 Å². The van der Waals surface area contributed by atoms with Crippen LogP contribution < -0.4 is 5.56 Å². The molecule has 0 amide bonds. The number of fused-ring (bicyclic) bond motifs is 1. The van der Waals surface area contributed by atoms with Crippen LogP contribution >= 0.6 is 0 Å². The number of nitrogens with one attached hydrogen (secondary N) is 1. The van der Waals surface area contributed by atoms with Crippen molar-refractivity contribution in [2.24, 2.45) is 0 Å². The molecule has 1 aromatic carbocycles. The number of hydrogen-bond acceptors (Lipinski definition) is 6. The minimum atomic E-state index is -5.07. The van der Waals surface area contributed by atoms with Crippen molar-refractivity contribution in [3.8, 4) is 0 Å². The van der Waals surface area contributed by atoms with Crippen LogP contribution in [-0.2, 0) is 39.6 Å². The predicted octanol–water partition coefficient (Wildman–Crippen LogP) is 3.52. The Morgan fingerprint density at radius 1 is 1.03 bits per heavy atom. The number of aromatic nitrogens is 3. The fraction of sp³-hybridized carbons (Fsp3) is 0.300. The summed E-state index contributed by atoms with van der Waals surface area (Å²) in [6.45, 7) is 0.542. The monoisotopic (exact) mass is 491 g/mol. The summed E-state index contributed by atoms with van der Waals surface area (Å²) in [6, 6.07) is 4.59. The standard InChI is InChI=1S/C20H15F6N3O5/c1-2-33-18(32)15-16(20(24,25)26)28-29-13(30)8-12(27-17(15)29)9-34-14(31)7-10-3-5-11(6-4-10)19(21,22)23/h3-6,8,27H,2,7,9H2,1H3. The van der Waals surface area contributed by atoms with E-state index >= 15 is 0 Å². The number of ether oxygens (including phenoxy) is 2. The van der Waals surface area contributed by atoms with Crippen molar-refractivity contribution in [2.75, 3.05) is 6.61 Å². The fourth-order valence-corrected chi connectivity index (χ4v) is 2.95. The van der Waals surface area contributed by atoms with E-state index in [-0.39, 0.29) is 17.9 Å². The minimum Gasteiger partial charge on any atom is -0.462 e. The van der Waals surface area contributed by atoms with Gasteiger partial charge in [0.1, 0.15) is 12.2 Å². The molecule has 2 aromatic heterocycles. The highest BCUT2D eigenvalue weighted by atomic mass is 19.4. The first-order valence-electron chi connectivity index (χ1n) is 9.52. The summed E-state index contributed by atoms with van der Waals surface area (Å²) in [7, 11) is 0. The second-order valence-electron chi connectivity index (χ2n) is 6.87. The maximum Gasteiger partial charge on any atom is 0.436 e. The Hall–Kier alpha value is -3.84. The SMILES string of the molecule is CCOC(=O)c1c(C(F)(F)F)nn2c(=O)cc(COC(=O)Cc3ccc(C(F)(F)F)cc3)[nH]c12. The van der Waals surface area contributed by atoms with E-state index in [2.05, 4.69) is 14.8 Å². The third kappa shape index (κ3) is 5.38. The molecule has 14 heteroatoms. The number of halogens is 6. The molecule has 0 aliphatic heterocycles. The van der Waals surface area contributed by atoms with Crippen LogP contribution in [-0.4, -0.2) is 33.1 Å². The molecule has 0 bridgehead atoms. The summed E-state index contributed by atoms with van der Waals surface area (Å²) in [6.07, 6.45) is -10.0. The summed E-state index contributed by atoms with van der Waals surface area (Å²) in [5.74, 6) is -2.24. The van der Waals surface area contributed by atoms with Gasteiger partial charge in [-0.1, -0.05) is 12.1 Å². The van der Waals surface area contributed by atoms with Gasteiger partial charge in [-0.15, -0.1) is 0 Å². The zero-order valence-electron chi connectivity index (χ0n) is 17.2. The number of carbonyl (C=O) groups is 2. The first kappa shape index (κ1) is 24.8. The lowest BCUT2D eigenvalue weighted by Gasteiger charge is -2.08. The van der Waals surface area contributed by atoms with Crippen molar-refractivity contribution in [3.63, 3.8) is 0 Å². The Kier molecular flexibility index (Phi) is 6.70. The van der Waals surface area contributed by atoms with E-state index in [0.717, 1.165) is 30.3 Å². The van der Waals surface area contributed by atoms with Crippen LogP contribution in [0.25, 0.3) is 5.65 Å². The first-order chi connectivity index (χ1) is 15.8. The molecule has 0 atom stereocenters. The second-order valence-corrected chi connectivity index (χ2v) is 6.87. The highest BCUT2D eigenvalue weighted by Gasteiger charge is 2.41. The lowest BCUT2D eigenvalue weighted by molar-refractivity contribution is -0.144. The number of esters is 2. The van der Waals surface area contributed by atoms with Gasteiger partial charge in [-0.2, -0.15) is 36.0 Å². The van der Waals surface area contributed by atoms with Gasteiger partial charge < -0.3 is 14.5 Å². The summed E-state index contributed by atoms with van der Waals surface area (Å²) >= 11 is 0. The highest BCUT2D eigenvalue weighted by molar-refractivity contribution is 5.97. The smallest absolute Gasteiger partial charge is 0.436 e. The highest BCUT2D eigenvalue weighted by Crippen LogP contribution is 2.32. The second kappa shape index (κ2) is 9.19. The molecule has 0 unspecified atom stereocenters. The first-order valence-corrected chi connectivity index (χ1v) is 9.52. The van der Waals surface area contributed by atoms with Crippen LogP contribution in [0.1, 0.15) is 39.8 Å². The quantitative estimate of drug-likeness (QED) is 0.418. The zero-order valence-corrected chi connectivity index (χ0v) is 17.2. The van der Waals surface area contributed by atoms with Gasteiger partial charge in [-0.05, 0) is 24.6 Å². The Labute approximate surface area is 186 Å². The number of hydrogen-bond donors (Lipinski definition) is 1. The normalized spacial score (nSPS) is 12.1. The average molecular weight is 491 g/mol. The van der Waals surface area contributed by atoms with Crippen LogP contribution in [0.15, 0.2) is 35.1 Å². The molecule has 3 rings (SSSR count). The van der Waals surface area contributed by atoms with Gasteiger partial charge >= 0.3 is 24.3 Å². The summed E-state index contributed by atoms with van der Waals surface area (Å²) in [4.78, 5) is 38.8. The van der Waals surface area contributed by atoms with Crippen molar-refractivity contribution in [2.45, 2.75) is 32.3 Å². The Balaban J connectivity index is 1.82. The van der Waals surface area contributed by atoms with Crippen molar-refractivity contribution in [1.82, 2.24) is 14.6 Å². The molecule has 2 heterocycles. The largest absolute Gasteiger partial charge is 0.462 e. The number of aromatic amines is 1.